The SMILES string of the molecule is C1=C(N(c2ccccc2-c2ccc3sc4ccccc4c3c2)c2cccc3ccccc23)C2=C(CC1)C1(c3ccccc32)c2ccccc2-c2ccccc21. The quantitative estimate of drug-likeness (QED) is 0.175. The molecule has 8 aromatic carbocycles. The van der Waals surface area contributed by atoms with Crippen LogP contribution in [0.1, 0.15) is 35.1 Å². The second-order valence-electron chi connectivity index (χ2n) is 15.0. The predicted octanol–water partition coefficient (Wildman–Crippen LogP) is 14.5. The Hall–Kier alpha value is -6.48. The van der Waals surface area contributed by atoms with Gasteiger partial charge in [-0.25, -0.2) is 0 Å². The van der Waals surface area contributed by atoms with Gasteiger partial charge in [-0.1, -0.05) is 158 Å². The van der Waals surface area contributed by atoms with Crippen LogP contribution in [-0.4, -0.2) is 0 Å². The number of fused-ring (bicyclic) bond motifs is 13. The molecule has 1 nitrogen and oxygen atoms in total. The summed E-state index contributed by atoms with van der Waals surface area (Å²) < 4.78 is 2.65. The van der Waals surface area contributed by atoms with Gasteiger partial charge in [0.25, 0.3) is 0 Å². The molecule has 0 bridgehead atoms. The molecular weight excluding hydrogens is 683 g/mol. The van der Waals surface area contributed by atoms with Crippen molar-refractivity contribution in [3.8, 4) is 22.3 Å². The maximum absolute atomic E-state index is 2.60. The predicted molar refractivity (Wildman–Crippen MR) is 233 cm³/mol. The average molecular weight is 718 g/mol. The van der Waals surface area contributed by atoms with Crippen molar-refractivity contribution >= 4 is 59.2 Å². The fourth-order valence-electron chi connectivity index (χ4n) is 10.3. The first kappa shape index (κ1) is 30.9. The Bertz CT molecular complexity index is 3070. The number of anilines is 2. The maximum Gasteiger partial charge on any atom is 0.0689 e. The van der Waals surface area contributed by atoms with Gasteiger partial charge in [0.1, 0.15) is 0 Å². The van der Waals surface area contributed by atoms with Gasteiger partial charge in [0.15, 0.2) is 0 Å². The van der Waals surface area contributed by atoms with E-state index in [9.17, 15) is 0 Å². The largest absolute Gasteiger partial charge is 0.309 e. The number of hydrogen-bond donors (Lipinski definition) is 0. The van der Waals surface area contributed by atoms with Crippen LogP contribution in [0.25, 0.3) is 58.8 Å². The van der Waals surface area contributed by atoms with Gasteiger partial charge in [-0.3, -0.25) is 0 Å². The van der Waals surface area contributed by atoms with Gasteiger partial charge in [-0.05, 0) is 93.1 Å². The molecule has 0 unspecified atom stereocenters. The van der Waals surface area contributed by atoms with Gasteiger partial charge in [0, 0.05) is 36.7 Å². The minimum Gasteiger partial charge on any atom is -0.309 e. The number of nitrogens with zero attached hydrogens (tertiary/aromatic N) is 1. The summed E-state index contributed by atoms with van der Waals surface area (Å²) in [7, 11) is 0. The van der Waals surface area contributed by atoms with Crippen molar-refractivity contribution < 1.29 is 0 Å². The third kappa shape index (κ3) is 4.23. The lowest BCUT2D eigenvalue weighted by Crippen LogP contribution is -2.28. The van der Waals surface area contributed by atoms with E-state index in [1.54, 1.807) is 0 Å². The molecular formula is C53H35NS. The first-order valence-electron chi connectivity index (χ1n) is 19.3. The van der Waals surface area contributed by atoms with Crippen molar-refractivity contribution in [3.05, 3.63) is 222 Å². The van der Waals surface area contributed by atoms with Crippen LogP contribution in [0.2, 0.25) is 0 Å². The van der Waals surface area contributed by atoms with E-state index in [-0.39, 0.29) is 5.41 Å². The molecule has 55 heavy (non-hydrogen) atoms. The van der Waals surface area contributed by atoms with Crippen molar-refractivity contribution in [2.75, 3.05) is 4.90 Å². The second-order valence-corrected chi connectivity index (χ2v) is 16.1. The van der Waals surface area contributed by atoms with E-state index in [1.165, 1.54) is 104 Å². The second kappa shape index (κ2) is 11.8. The van der Waals surface area contributed by atoms with E-state index in [0.717, 1.165) is 12.8 Å². The zero-order valence-corrected chi connectivity index (χ0v) is 31.0. The highest BCUT2D eigenvalue weighted by Crippen LogP contribution is 2.65. The van der Waals surface area contributed by atoms with Gasteiger partial charge in [-0.2, -0.15) is 0 Å². The summed E-state index contributed by atoms with van der Waals surface area (Å²) in [5, 5.41) is 5.12. The molecule has 0 amide bonds. The summed E-state index contributed by atoms with van der Waals surface area (Å²) in [4.78, 5) is 2.60. The van der Waals surface area contributed by atoms with E-state index in [4.69, 9.17) is 0 Å². The highest BCUT2D eigenvalue weighted by molar-refractivity contribution is 7.25. The van der Waals surface area contributed by atoms with Crippen molar-refractivity contribution in [2.24, 2.45) is 0 Å². The minimum absolute atomic E-state index is 0.340. The lowest BCUT2D eigenvalue weighted by molar-refractivity contribution is 0.711. The Kier molecular flexibility index (Phi) is 6.61. The fourth-order valence-corrected chi connectivity index (χ4v) is 11.3. The van der Waals surface area contributed by atoms with Crippen LogP contribution >= 0.6 is 11.3 Å². The number of benzene rings is 8. The minimum atomic E-state index is -0.340. The van der Waals surface area contributed by atoms with Crippen LogP contribution in [-0.2, 0) is 5.41 Å². The van der Waals surface area contributed by atoms with Gasteiger partial charge < -0.3 is 4.90 Å². The van der Waals surface area contributed by atoms with Crippen molar-refractivity contribution in [1.82, 2.24) is 0 Å². The van der Waals surface area contributed by atoms with Crippen molar-refractivity contribution in [1.29, 1.82) is 0 Å². The third-order valence-electron chi connectivity index (χ3n) is 12.4. The molecule has 12 rings (SSSR count). The molecule has 1 heterocycles. The van der Waals surface area contributed by atoms with Crippen LogP contribution in [0, 0.1) is 0 Å². The topological polar surface area (TPSA) is 3.24 Å². The van der Waals surface area contributed by atoms with Gasteiger partial charge in [-0.15, -0.1) is 11.3 Å². The standard InChI is InChI=1S/C53H35NS/c1-2-17-36-34(15-1)16-13-28-48(36)54(47-27-11-6-18-37(47)35-31-32-51-42(33-35)40-21-7-12-30-50(40)55-51)49-29-14-26-46-52(49)41-22-5-10-25-45(41)53(46)43-23-8-3-19-38(43)39-20-4-9-24-44(39)53/h1-13,15-25,27-33H,14,26H2. The summed E-state index contributed by atoms with van der Waals surface area (Å²) in [5.41, 5.74) is 16.9. The first-order chi connectivity index (χ1) is 27.3. The maximum atomic E-state index is 2.60. The molecule has 1 aromatic heterocycles. The summed E-state index contributed by atoms with van der Waals surface area (Å²) in [6, 6.07) is 68.1. The lowest BCUT2D eigenvalue weighted by atomic mass is 9.68. The molecule has 0 atom stereocenters. The lowest BCUT2D eigenvalue weighted by Gasteiger charge is -2.36. The van der Waals surface area contributed by atoms with Gasteiger partial charge >= 0.3 is 0 Å². The van der Waals surface area contributed by atoms with Crippen LogP contribution in [0.15, 0.2) is 199 Å². The Morgan fingerprint density at radius 1 is 0.455 bits per heavy atom. The molecule has 0 radical (unpaired) electrons. The summed E-state index contributed by atoms with van der Waals surface area (Å²) in [5.74, 6) is 0. The first-order valence-corrected chi connectivity index (χ1v) is 20.1. The van der Waals surface area contributed by atoms with Gasteiger partial charge in [0.2, 0.25) is 0 Å². The normalized spacial score (nSPS) is 14.9. The number of para-hydroxylation sites is 1. The summed E-state index contributed by atoms with van der Waals surface area (Å²) in [6.45, 7) is 0. The smallest absolute Gasteiger partial charge is 0.0689 e. The molecule has 0 saturated carbocycles. The number of hydrogen-bond acceptors (Lipinski definition) is 2. The van der Waals surface area contributed by atoms with E-state index < -0.39 is 0 Å². The van der Waals surface area contributed by atoms with E-state index in [2.05, 4.69) is 193 Å². The van der Waals surface area contributed by atoms with Crippen molar-refractivity contribution in [2.45, 2.75) is 18.3 Å². The van der Waals surface area contributed by atoms with E-state index >= 15 is 0 Å². The van der Waals surface area contributed by atoms with Crippen LogP contribution in [0.5, 0.6) is 0 Å². The molecule has 258 valence electrons. The molecule has 9 aromatic rings. The Balaban J connectivity index is 1.15. The number of rotatable bonds is 4. The molecule has 3 aliphatic carbocycles. The van der Waals surface area contributed by atoms with E-state index in [0.29, 0.717) is 0 Å². The van der Waals surface area contributed by atoms with E-state index in [1.807, 2.05) is 11.3 Å². The zero-order chi connectivity index (χ0) is 36.1. The Morgan fingerprint density at radius 2 is 1.04 bits per heavy atom. The summed E-state index contributed by atoms with van der Waals surface area (Å²) >= 11 is 1.87. The Morgan fingerprint density at radius 3 is 1.84 bits per heavy atom. The monoisotopic (exact) mass is 717 g/mol. The van der Waals surface area contributed by atoms with Crippen molar-refractivity contribution in [3.63, 3.8) is 0 Å². The molecule has 1 spiro atoms. The highest BCUT2D eigenvalue weighted by Gasteiger charge is 2.53. The molecule has 0 N–H and O–H groups in total. The molecule has 3 aliphatic rings. The fraction of sp³-hybridized carbons (Fsp3) is 0.0566. The zero-order valence-electron chi connectivity index (χ0n) is 30.2. The molecule has 0 saturated heterocycles. The Labute approximate surface area is 324 Å². The number of allylic oxidation sites excluding steroid dienone is 3. The molecule has 2 heteroatoms. The molecule has 0 fully saturated rings. The van der Waals surface area contributed by atoms with Gasteiger partial charge in [0.05, 0.1) is 22.5 Å². The van der Waals surface area contributed by atoms with Crippen LogP contribution in [0.3, 0.4) is 0 Å². The molecule has 0 aliphatic heterocycles. The van der Waals surface area contributed by atoms with Crippen LogP contribution in [0.4, 0.5) is 11.4 Å². The van der Waals surface area contributed by atoms with Crippen LogP contribution < -0.4 is 4.90 Å². The third-order valence-corrected chi connectivity index (χ3v) is 13.5. The highest BCUT2D eigenvalue weighted by atomic mass is 32.1. The summed E-state index contributed by atoms with van der Waals surface area (Å²) in [6.07, 6.45) is 4.49. The number of thiophene rings is 1. The average Bonchev–Trinajstić information content (AvgIpc) is 3.88.